The molecule has 0 radical (unpaired) electrons. The normalized spacial score (nSPS) is 12.8. The molecule has 0 aliphatic rings. The van der Waals surface area contributed by atoms with E-state index in [1.165, 1.54) is 6.07 Å². The number of benzene rings is 1. The van der Waals surface area contributed by atoms with E-state index in [4.69, 9.17) is 11.6 Å². The average Bonchev–Trinajstić information content (AvgIpc) is 2.68. The molecular formula is C11H6Br2ClFS. The number of thiophene rings is 1. The van der Waals surface area contributed by atoms with Crippen LogP contribution >= 0.6 is 54.8 Å². The maximum Gasteiger partial charge on any atom is 0.137 e. The van der Waals surface area contributed by atoms with E-state index in [0.717, 1.165) is 14.2 Å². The SMILES string of the molecule is Fc1cccc(C(Cl)c2ccc(Br)s2)c1Br. The van der Waals surface area contributed by atoms with Crippen molar-refractivity contribution in [3.05, 3.63) is 54.8 Å². The first kappa shape index (κ1) is 12.6. The van der Waals surface area contributed by atoms with Crippen LogP contribution < -0.4 is 0 Å². The highest BCUT2D eigenvalue weighted by Gasteiger charge is 2.17. The fourth-order valence-electron chi connectivity index (χ4n) is 1.33. The van der Waals surface area contributed by atoms with Gasteiger partial charge in [0.25, 0.3) is 0 Å². The molecule has 0 fully saturated rings. The van der Waals surface area contributed by atoms with Gasteiger partial charge in [-0.2, -0.15) is 0 Å². The van der Waals surface area contributed by atoms with Crippen molar-refractivity contribution >= 4 is 54.8 Å². The molecule has 1 atom stereocenters. The molecular weight excluding hydrogens is 378 g/mol. The molecule has 0 bridgehead atoms. The van der Waals surface area contributed by atoms with E-state index >= 15 is 0 Å². The van der Waals surface area contributed by atoms with Gasteiger partial charge in [0.05, 0.1) is 13.6 Å². The Hall–Kier alpha value is 0.1000. The Balaban J connectivity index is 2.41. The first-order valence-electron chi connectivity index (χ1n) is 4.43. The first-order valence-corrected chi connectivity index (χ1v) is 7.26. The summed E-state index contributed by atoms with van der Waals surface area (Å²) in [5, 5.41) is -0.332. The minimum Gasteiger partial charge on any atom is -0.206 e. The predicted molar refractivity (Wildman–Crippen MR) is 73.8 cm³/mol. The standard InChI is InChI=1S/C11H6Br2ClFS/c12-9-5-4-8(16-9)11(14)6-2-1-3-7(15)10(6)13/h1-5,11H. The Morgan fingerprint density at radius 2 is 1.94 bits per heavy atom. The minimum atomic E-state index is -0.332. The molecule has 1 aromatic heterocycles. The van der Waals surface area contributed by atoms with Crippen LogP contribution in [0.4, 0.5) is 4.39 Å². The molecule has 2 aromatic rings. The third kappa shape index (κ3) is 2.50. The van der Waals surface area contributed by atoms with Crippen LogP contribution in [-0.2, 0) is 0 Å². The highest BCUT2D eigenvalue weighted by Crippen LogP contribution is 2.39. The zero-order valence-electron chi connectivity index (χ0n) is 7.88. The van der Waals surface area contributed by atoms with Gasteiger partial charge in [-0.05, 0) is 55.6 Å². The van der Waals surface area contributed by atoms with Crippen molar-refractivity contribution in [1.82, 2.24) is 0 Å². The zero-order valence-corrected chi connectivity index (χ0v) is 12.6. The Morgan fingerprint density at radius 3 is 2.56 bits per heavy atom. The summed E-state index contributed by atoms with van der Waals surface area (Å²) < 4.78 is 14.8. The van der Waals surface area contributed by atoms with Crippen LogP contribution in [0.25, 0.3) is 0 Å². The van der Waals surface area contributed by atoms with E-state index in [9.17, 15) is 4.39 Å². The molecule has 16 heavy (non-hydrogen) atoms. The maximum atomic E-state index is 13.3. The van der Waals surface area contributed by atoms with Gasteiger partial charge in [0.2, 0.25) is 0 Å². The molecule has 0 saturated carbocycles. The van der Waals surface area contributed by atoms with Crippen LogP contribution in [0.5, 0.6) is 0 Å². The summed E-state index contributed by atoms with van der Waals surface area (Å²) in [5.74, 6) is -0.293. The number of halogens is 4. The van der Waals surface area contributed by atoms with Crippen molar-refractivity contribution in [2.24, 2.45) is 0 Å². The van der Waals surface area contributed by atoms with E-state index in [1.54, 1.807) is 17.4 Å². The van der Waals surface area contributed by atoms with E-state index < -0.39 is 0 Å². The van der Waals surface area contributed by atoms with Gasteiger partial charge in [0.15, 0.2) is 0 Å². The van der Waals surface area contributed by atoms with Crippen molar-refractivity contribution < 1.29 is 4.39 Å². The highest BCUT2D eigenvalue weighted by molar-refractivity contribution is 9.11. The summed E-state index contributed by atoms with van der Waals surface area (Å²) in [7, 11) is 0. The Kier molecular flexibility index (Phi) is 4.06. The van der Waals surface area contributed by atoms with Gasteiger partial charge in [-0.15, -0.1) is 22.9 Å². The number of hydrogen-bond donors (Lipinski definition) is 0. The van der Waals surface area contributed by atoms with Gasteiger partial charge in [-0.25, -0.2) is 4.39 Å². The fraction of sp³-hybridized carbons (Fsp3) is 0.0909. The predicted octanol–water partition coefficient (Wildman–Crippen LogP) is 5.74. The number of rotatable bonds is 2. The largest absolute Gasteiger partial charge is 0.206 e. The van der Waals surface area contributed by atoms with Crippen LogP contribution in [0.15, 0.2) is 38.6 Å². The van der Waals surface area contributed by atoms with E-state index in [2.05, 4.69) is 31.9 Å². The van der Waals surface area contributed by atoms with Gasteiger partial charge >= 0.3 is 0 Å². The second-order valence-electron chi connectivity index (χ2n) is 3.15. The fourth-order valence-corrected chi connectivity index (χ4v) is 3.77. The van der Waals surface area contributed by atoms with Crippen molar-refractivity contribution in [3.8, 4) is 0 Å². The van der Waals surface area contributed by atoms with E-state index in [0.29, 0.717) is 4.47 Å². The second-order valence-corrected chi connectivity index (χ2v) is 6.87. The number of hydrogen-bond acceptors (Lipinski definition) is 1. The summed E-state index contributed by atoms with van der Waals surface area (Å²) in [6.45, 7) is 0. The third-order valence-corrected chi connectivity index (χ3v) is 5.22. The quantitative estimate of drug-likeness (QED) is 0.579. The number of alkyl halides is 1. The van der Waals surface area contributed by atoms with Gasteiger partial charge in [0, 0.05) is 4.88 Å². The molecule has 0 amide bonds. The van der Waals surface area contributed by atoms with Crippen molar-refractivity contribution in [2.45, 2.75) is 5.38 Å². The lowest BCUT2D eigenvalue weighted by Gasteiger charge is -2.10. The van der Waals surface area contributed by atoms with Crippen LogP contribution in [0.2, 0.25) is 0 Å². The Labute approximate surface area is 119 Å². The molecule has 0 aliphatic carbocycles. The van der Waals surface area contributed by atoms with Crippen LogP contribution in [0, 0.1) is 5.82 Å². The molecule has 5 heteroatoms. The smallest absolute Gasteiger partial charge is 0.137 e. The third-order valence-electron chi connectivity index (χ3n) is 2.10. The van der Waals surface area contributed by atoms with Gasteiger partial charge < -0.3 is 0 Å². The molecule has 0 saturated heterocycles. The summed E-state index contributed by atoms with van der Waals surface area (Å²) in [4.78, 5) is 0.986. The van der Waals surface area contributed by atoms with Crippen LogP contribution in [-0.4, -0.2) is 0 Å². The average molecular weight is 384 g/mol. The monoisotopic (exact) mass is 382 g/mol. The zero-order chi connectivity index (χ0) is 11.7. The van der Waals surface area contributed by atoms with Crippen molar-refractivity contribution in [1.29, 1.82) is 0 Å². The molecule has 0 nitrogen and oxygen atoms in total. The minimum absolute atomic E-state index is 0.293. The molecule has 0 N–H and O–H groups in total. The van der Waals surface area contributed by atoms with Crippen molar-refractivity contribution in [2.75, 3.05) is 0 Å². The lowest BCUT2D eigenvalue weighted by Crippen LogP contribution is -1.93. The molecule has 1 unspecified atom stereocenters. The van der Waals surface area contributed by atoms with E-state index in [-0.39, 0.29) is 11.2 Å². The first-order chi connectivity index (χ1) is 7.59. The lowest BCUT2D eigenvalue weighted by atomic mass is 10.1. The van der Waals surface area contributed by atoms with Crippen LogP contribution in [0.3, 0.4) is 0 Å². The Bertz CT molecular complexity index is 512. The molecule has 84 valence electrons. The molecule has 1 heterocycles. The van der Waals surface area contributed by atoms with Gasteiger partial charge in [-0.3, -0.25) is 0 Å². The topological polar surface area (TPSA) is 0 Å². The van der Waals surface area contributed by atoms with Gasteiger partial charge in [-0.1, -0.05) is 12.1 Å². The summed E-state index contributed by atoms with van der Waals surface area (Å²) >= 11 is 14.5. The Morgan fingerprint density at radius 1 is 1.19 bits per heavy atom. The van der Waals surface area contributed by atoms with Crippen molar-refractivity contribution in [3.63, 3.8) is 0 Å². The highest BCUT2D eigenvalue weighted by atomic mass is 79.9. The summed E-state index contributed by atoms with van der Waals surface area (Å²) in [5.41, 5.74) is 0.746. The summed E-state index contributed by atoms with van der Waals surface area (Å²) in [6.07, 6.45) is 0. The maximum absolute atomic E-state index is 13.3. The van der Waals surface area contributed by atoms with E-state index in [1.807, 2.05) is 18.2 Å². The summed E-state index contributed by atoms with van der Waals surface area (Å²) in [6, 6.07) is 8.75. The lowest BCUT2D eigenvalue weighted by molar-refractivity contribution is 0.618. The molecule has 0 aliphatic heterocycles. The molecule has 1 aromatic carbocycles. The molecule has 2 rings (SSSR count). The van der Waals surface area contributed by atoms with Crippen LogP contribution in [0.1, 0.15) is 15.8 Å². The molecule has 0 spiro atoms. The second kappa shape index (κ2) is 5.17. The van der Waals surface area contributed by atoms with Gasteiger partial charge in [0.1, 0.15) is 5.82 Å².